The summed E-state index contributed by atoms with van der Waals surface area (Å²) in [7, 11) is 0. The van der Waals surface area contributed by atoms with Crippen molar-refractivity contribution >= 4 is 17.5 Å². The number of piperazine rings is 1. The molecule has 2 atom stereocenters. The van der Waals surface area contributed by atoms with E-state index in [-0.39, 0.29) is 29.5 Å². The molecule has 0 aromatic heterocycles. The third kappa shape index (κ3) is 3.06. The lowest BCUT2D eigenvalue weighted by atomic mass is 9.85. The highest BCUT2D eigenvalue weighted by Crippen LogP contribution is 2.35. The van der Waals surface area contributed by atoms with Crippen molar-refractivity contribution in [2.24, 2.45) is 11.8 Å². The summed E-state index contributed by atoms with van der Waals surface area (Å²) in [6, 6.07) is 6.52. The lowest BCUT2D eigenvalue weighted by molar-refractivity contribution is -0.142. The minimum atomic E-state index is -0.232. The van der Waals surface area contributed by atoms with Gasteiger partial charge in [-0.3, -0.25) is 19.4 Å². The third-order valence-corrected chi connectivity index (χ3v) is 5.50. The molecule has 0 N–H and O–H groups in total. The smallest absolute Gasteiger partial charge is 0.234 e. The van der Waals surface area contributed by atoms with Gasteiger partial charge in [0.1, 0.15) is 5.82 Å². The molecule has 4 rings (SSSR count). The molecule has 3 aliphatic rings. The fourth-order valence-electron chi connectivity index (χ4n) is 4.01. The van der Waals surface area contributed by atoms with Crippen LogP contribution in [0.25, 0.3) is 0 Å². The molecule has 1 aliphatic carbocycles. The Balaban J connectivity index is 1.35. The van der Waals surface area contributed by atoms with Crippen LogP contribution in [0.15, 0.2) is 36.4 Å². The molecule has 0 radical (unpaired) electrons. The van der Waals surface area contributed by atoms with Gasteiger partial charge in [0.05, 0.1) is 18.5 Å². The summed E-state index contributed by atoms with van der Waals surface area (Å²) in [6.07, 6.45) is 5.39. The van der Waals surface area contributed by atoms with Crippen LogP contribution in [-0.4, -0.2) is 54.5 Å². The Kier molecular flexibility index (Phi) is 4.29. The maximum atomic E-state index is 13.0. The second-order valence-corrected chi connectivity index (χ2v) is 6.98. The van der Waals surface area contributed by atoms with E-state index in [0.717, 1.165) is 31.9 Å². The van der Waals surface area contributed by atoms with Gasteiger partial charge < -0.3 is 4.90 Å². The van der Waals surface area contributed by atoms with Gasteiger partial charge >= 0.3 is 0 Å². The molecule has 132 valence electrons. The number of benzene rings is 1. The first kappa shape index (κ1) is 16.3. The molecule has 2 aliphatic heterocycles. The predicted molar refractivity (Wildman–Crippen MR) is 92.3 cm³/mol. The van der Waals surface area contributed by atoms with Gasteiger partial charge in [-0.05, 0) is 37.1 Å². The standard InChI is InChI=1S/C19H22FN3O2/c20-14-5-7-15(8-6-14)22-11-9-21(10-12-22)13-23-18(24)16-3-1-2-4-17(16)19(23)25/h1-2,5-8,16-17H,3-4,9-13H2/t16-,17-/m0/s1. The van der Waals surface area contributed by atoms with Gasteiger partial charge in [0.25, 0.3) is 0 Å². The molecule has 2 amide bonds. The normalized spacial score (nSPS) is 27.1. The fraction of sp³-hybridized carbons (Fsp3) is 0.474. The Morgan fingerprint density at radius 3 is 2.00 bits per heavy atom. The number of hydrogen-bond acceptors (Lipinski definition) is 4. The van der Waals surface area contributed by atoms with E-state index in [2.05, 4.69) is 9.80 Å². The zero-order valence-corrected chi connectivity index (χ0v) is 14.1. The molecule has 2 heterocycles. The quantitative estimate of drug-likeness (QED) is 0.621. The van der Waals surface area contributed by atoms with Gasteiger partial charge in [0, 0.05) is 31.9 Å². The van der Waals surface area contributed by atoms with Crippen molar-refractivity contribution in [3.63, 3.8) is 0 Å². The Labute approximate surface area is 146 Å². The predicted octanol–water partition coefficient (Wildman–Crippen LogP) is 1.86. The Bertz CT molecular complexity index is 669. The molecule has 0 saturated carbocycles. The number of imide groups is 1. The molecule has 2 fully saturated rings. The third-order valence-electron chi connectivity index (χ3n) is 5.50. The lowest BCUT2D eigenvalue weighted by Gasteiger charge is -2.37. The zero-order valence-electron chi connectivity index (χ0n) is 14.1. The van der Waals surface area contributed by atoms with Crippen molar-refractivity contribution in [1.29, 1.82) is 0 Å². The first-order valence-corrected chi connectivity index (χ1v) is 8.86. The highest BCUT2D eigenvalue weighted by atomic mass is 19.1. The Hall–Kier alpha value is -2.21. The van der Waals surface area contributed by atoms with Crippen molar-refractivity contribution in [3.05, 3.63) is 42.2 Å². The van der Waals surface area contributed by atoms with E-state index in [1.165, 1.54) is 17.0 Å². The van der Waals surface area contributed by atoms with Gasteiger partial charge in [-0.25, -0.2) is 4.39 Å². The van der Waals surface area contributed by atoms with Crippen molar-refractivity contribution in [1.82, 2.24) is 9.80 Å². The number of rotatable bonds is 3. The van der Waals surface area contributed by atoms with Crippen LogP contribution in [0.2, 0.25) is 0 Å². The Morgan fingerprint density at radius 1 is 0.880 bits per heavy atom. The van der Waals surface area contributed by atoms with E-state index in [9.17, 15) is 14.0 Å². The molecule has 1 aromatic rings. The summed E-state index contributed by atoms with van der Waals surface area (Å²) < 4.78 is 13.0. The van der Waals surface area contributed by atoms with Crippen LogP contribution < -0.4 is 4.90 Å². The first-order chi connectivity index (χ1) is 12.1. The highest BCUT2D eigenvalue weighted by molar-refractivity contribution is 6.05. The number of fused-ring (bicyclic) bond motifs is 1. The van der Waals surface area contributed by atoms with Crippen LogP contribution in [0.5, 0.6) is 0 Å². The van der Waals surface area contributed by atoms with Gasteiger partial charge in [0.2, 0.25) is 11.8 Å². The minimum absolute atomic E-state index is 0.0136. The van der Waals surface area contributed by atoms with E-state index in [4.69, 9.17) is 0 Å². The number of nitrogens with zero attached hydrogens (tertiary/aromatic N) is 3. The number of allylic oxidation sites excluding steroid dienone is 2. The first-order valence-electron chi connectivity index (χ1n) is 8.86. The zero-order chi connectivity index (χ0) is 17.4. The summed E-state index contributed by atoms with van der Waals surface area (Å²) in [5.74, 6) is -0.568. The number of carbonyl (C=O) groups is 2. The summed E-state index contributed by atoms with van der Waals surface area (Å²) in [6.45, 7) is 3.55. The maximum Gasteiger partial charge on any atom is 0.234 e. The fourth-order valence-corrected chi connectivity index (χ4v) is 4.01. The summed E-state index contributed by atoms with van der Waals surface area (Å²) >= 11 is 0. The van der Waals surface area contributed by atoms with Crippen molar-refractivity contribution in [3.8, 4) is 0 Å². The molecular formula is C19H22FN3O2. The lowest BCUT2D eigenvalue weighted by Crippen LogP contribution is -2.51. The monoisotopic (exact) mass is 343 g/mol. The largest absolute Gasteiger partial charge is 0.369 e. The summed E-state index contributed by atoms with van der Waals surface area (Å²) in [4.78, 5) is 30.9. The average Bonchev–Trinajstić information content (AvgIpc) is 2.88. The molecular weight excluding hydrogens is 321 g/mol. The molecule has 2 saturated heterocycles. The topological polar surface area (TPSA) is 43.9 Å². The number of anilines is 1. The second-order valence-electron chi connectivity index (χ2n) is 6.98. The highest BCUT2D eigenvalue weighted by Gasteiger charge is 2.47. The van der Waals surface area contributed by atoms with Gasteiger partial charge in [-0.1, -0.05) is 12.2 Å². The molecule has 1 aromatic carbocycles. The van der Waals surface area contributed by atoms with Crippen LogP contribution in [0, 0.1) is 17.7 Å². The number of halogens is 1. The molecule has 0 unspecified atom stereocenters. The van der Waals surface area contributed by atoms with E-state index in [1.807, 2.05) is 12.2 Å². The maximum absolute atomic E-state index is 13.0. The van der Waals surface area contributed by atoms with E-state index in [1.54, 1.807) is 12.1 Å². The van der Waals surface area contributed by atoms with Crippen molar-refractivity contribution in [2.45, 2.75) is 12.8 Å². The van der Waals surface area contributed by atoms with Crippen LogP contribution in [0.3, 0.4) is 0 Å². The van der Waals surface area contributed by atoms with Crippen LogP contribution in [0.4, 0.5) is 10.1 Å². The van der Waals surface area contributed by atoms with E-state index >= 15 is 0 Å². The Morgan fingerprint density at radius 2 is 1.44 bits per heavy atom. The van der Waals surface area contributed by atoms with Crippen molar-refractivity contribution in [2.75, 3.05) is 37.7 Å². The van der Waals surface area contributed by atoms with Crippen LogP contribution in [-0.2, 0) is 9.59 Å². The molecule has 0 bridgehead atoms. The average molecular weight is 343 g/mol. The number of carbonyl (C=O) groups excluding carboxylic acids is 2. The summed E-state index contributed by atoms with van der Waals surface area (Å²) in [5, 5.41) is 0. The van der Waals surface area contributed by atoms with Crippen LogP contribution in [0.1, 0.15) is 12.8 Å². The van der Waals surface area contributed by atoms with Gasteiger partial charge in [-0.2, -0.15) is 0 Å². The van der Waals surface area contributed by atoms with Crippen molar-refractivity contribution < 1.29 is 14.0 Å². The van der Waals surface area contributed by atoms with Crippen LogP contribution >= 0.6 is 0 Å². The number of amides is 2. The minimum Gasteiger partial charge on any atom is -0.369 e. The van der Waals surface area contributed by atoms with Gasteiger partial charge in [0.15, 0.2) is 0 Å². The number of hydrogen-bond donors (Lipinski definition) is 0. The SMILES string of the molecule is O=C1[C@H]2CC=CC[C@@H]2C(=O)N1CN1CCN(c2ccc(F)cc2)CC1. The van der Waals surface area contributed by atoms with Gasteiger partial charge in [-0.15, -0.1) is 0 Å². The van der Waals surface area contributed by atoms with E-state index < -0.39 is 0 Å². The molecule has 0 spiro atoms. The number of likely N-dealkylation sites (tertiary alicyclic amines) is 1. The van der Waals surface area contributed by atoms with E-state index in [0.29, 0.717) is 19.5 Å². The molecule has 25 heavy (non-hydrogen) atoms. The molecule has 6 heteroatoms. The second kappa shape index (κ2) is 6.59. The molecule has 5 nitrogen and oxygen atoms in total. The summed E-state index contributed by atoms with van der Waals surface area (Å²) in [5.41, 5.74) is 1.01.